The molecule has 3 heteroatoms. The molecule has 0 heterocycles. The first-order chi connectivity index (χ1) is 10.1. The molecule has 0 aromatic heterocycles. The minimum Gasteiger partial charge on any atom is -0.310 e. The minimum absolute atomic E-state index is 0.336. The summed E-state index contributed by atoms with van der Waals surface area (Å²) in [5.74, 6) is 0.953. The second-order valence-electron chi connectivity index (χ2n) is 5.18. The SMILES string of the molecule is CCNC(C)c1ccc(SCc2ccccc2C)c(Cl)c1. The van der Waals surface area contributed by atoms with E-state index >= 15 is 0 Å². The monoisotopic (exact) mass is 319 g/mol. The van der Waals surface area contributed by atoms with Crippen molar-refractivity contribution in [2.75, 3.05) is 6.54 Å². The summed E-state index contributed by atoms with van der Waals surface area (Å²) in [5.41, 5.74) is 3.93. The number of thioether (sulfide) groups is 1. The van der Waals surface area contributed by atoms with E-state index < -0.39 is 0 Å². The predicted molar refractivity (Wildman–Crippen MR) is 94.3 cm³/mol. The van der Waals surface area contributed by atoms with E-state index in [1.165, 1.54) is 16.7 Å². The van der Waals surface area contributed by atoms with Crippen molar-refractivity contribution in [1.29, 1.82) is 0 Å². The lowest BCUT2D eigenvalue weighted by molar-refractivity contribution is 0.598. The van der Waals surface area contributed by atoms with Crippen LogP contribution in [0.4, 0.5) is 0 Å². The van der Waals surface area contributed by atoms with E-state index in [1.54, 1.807) is 11.8 Å². The number of hydrogen-bond donors (Lipinski definition) is 1. The van der Waals surface area contributed by atoms with Crippen molar-refractivity contribution >= 4 is 23.4 Å². The van der Waals surface area contributed by atoms with E-state index in [0.29, 0.717) is 6.04 Å². The molecule has 0 aliphatic carbocycles. The van der Waals surface area contributed by atoms with Gasteiger partial charge in [-0.1, -0.05) is 48.9 Å². The first kappa shape index (κ1) is 16.4. The summed E-state index contributed by atoms with van der Waals surface area (Å²) in [6, 6.07) is 15.2. The first-order valence-electron chi connectivity index (χ1n) is 7.32. The zero-order chi connectivity index (χ0) is 15.2. The van der Waals surface area contributed by atoms with Crippen LogP contribution in [-0.4, -0.2) is 6.54 Å². The van der Waals surface area contributed by atoms with E-state index in [-0.39, 0.29) is 0 Å². The van der Waals surface area contributed by atoms with Gasteiger partial charge in [-0.2, -0.15) is 0 Å². The standard InChI is InChI=1S/C18H22ClNS/c1-4-20-14(3)15-9-10-18(17(19)11-15)21-12-16-8-6-5-7-13(16)2/h5-11,14,20H,4,12H2,1-3H3. The van der Waals surface area contributed by atoms with Crippen molar-refractivity contribution < 1.29 is 0 Å². The quantitative estimate of drug-likeness (QED) is 0.694. The summed E-state index contributed by atoms with van der Waals surface area (Å²) in [4.78, 5) is 1.15. The Bertz CT molecular complexity index is 598. The van der Waals surface area contributed by atoms with Gasteiger partial charge in [-0.15, -0.1) is 11.8 Å². The molecule has 1 atom stereocenters. The van der Waals surface area contributed by atoms with E-state index in [9.17, 15) is 0 Å². The number of halogens is 1. The highest BCUT2D eigenvalue weighted by molar-refractivity contribution is 7.98. The highest BCUT2D eigenvalue weighted by Gasteiger charge is 2.08. The average molecular weight is 320 g/mol. The molecule has 0 spiro atoms. The van der Waals surface area contributed by atoms with Crippen molar-refractivity contribution in [3.05, 3.63) is 64.2 Å². The molecular formula is C18H22ClNS. The lowest BCUT2D eigenvalue weighted by atomic mass is 10.1. The lowest BCUT2D eigenvalue weighted by Crippen LogP contribution is -2.17. The molecule has 0 aliphatic rings. The van der Waals surface area contributed by atoms with Gasteiger partial charge < -0.3 is 5.32 Å². The Morgan fingerprint density at radius 2 is 1.95 bits per heavy atom. The number of hydrogen-bond acceptors (Lipinski definition) is 2. The third-order valence-corrected chi connectivity index (χ3v) is 5.16. The Kier molecular flexibility index (Phi) is 6.16. The fraction of sp³-hybridized carbons (Fsp3) is 0.333. The zero-order valence-corrected chi connectivity index (χ0v) is 14.4. The van der Waals surface area contributed by atoms with Crippen LogP contribution < -0.4 is 5.32 Å². The van der Waals surface area contributed by atoms with Crippen LogP contribution in [-0.2, 0) is 5.75 Å². The van der Waals surface area contributed by atoms with E-state index in [4.69, 9.17) is 11.6 Å². The summed E-state index contributed by atoms with van der Waals surface area (Å²) in [6.45, 7) is 7.39. The van der Waals surface area contributed by atoms with Gasteiger partial charge >= 0.3 is 0 Å². The van der Waals surface area contributed by atoms with E-state index in [0.717, 1.165) is 22.2 Å². The molecule has 0 fully saturated rings. The van der Waals surface area contributed by atoms with Gasteiger partial charge in [-0.3, -0.25) is 0 Å². The van der Waals surface area contributed by atoms with Gasteiger partial charge in [0.05, 0.1) is 5.02 Å². The van der Waals surface area contributed by atoms with Gasteiger partial charge in [-0.25, -0.2) is 0 Å². The molecule has 0 aliphatic heterocycles. The van der Waals surface area contributed by atoms with Crippen LogP contribution in [0.1, 0.15) is 36.6 Å². The molecule has 1 unspecified atom stereocenters. The molecule has 1 N–H and O–H groups in total. The van der Waals surface area contributed by atoms with Crippen molar-refractivity contribution in [1.82, 2.24) is 5.32 Å². The maximum absolute atomic E-state index is 6.43. The van der Waals surface area contributed by atoms with Gasteiger partial charge in [0.2, 0.25) is 0 Å². The third-order valence-electron chi connectivity index (χ3n) is 3.61. The Hall–Kier alpha value is -0.960. The molecule has 112 valence electrons. The molecule has 0 bridgehead atoms. The summed E-state index contributed by atoms with van der Waals surface area (Å²) in [6.07, 6.45) is 0. The van der Waals surface area contributed by atoms with Crippen LogP contribution in [0.15, 0.2) is 47.4 Å². The van der Waals surface area contributed by atoms with Crippen molar-refractivity contribution in [2.45, 2.75) is 37.5 Å². The van der Waals surface area contributed by atoms with Gasteiger partial charge in [-0.05, 0) is 49.2 Å². The number of aryl methyl sites for hydroxylation is 1. The van der Waals surface area contributed by atoms with Gasteiger partial charge in [0.15, 0.2) is 0 Å². The molecule has 1 nitrogen and oxygen atoms in total. The van der Waals surface area contributed by atoms with Crippen LogP contribution in [0.2, 0.25) is 5.02 Å². The third kappa shape index (κ3) is 4.50. The maximum Gasteiger partial charge on any atom is 0.0545 e. The van der Waals surface area contributed by atoms with Crippen LogP contribution >= 0.6 is 23.4 Å². The molecule has 0 saturated heterocycles. The van der Waals surface area contributed by atoms with Crippen molar-refractivity contribution in [3.8, 4) is 0 Å². The molecule has 0 amide bonds. The summed E-state index contributed by atoms with van der Waals surface area (Å²) in [5, 5.41) is 4.25. The van der Waals surface area contributed by atoms with Crippen LogP contribution in [0.3, 0.4) is 0 Å². The zero-order valence-electron chi connectivity index (χ0n) is 12.8. The molecule has 0 radical (unpaired) electrons. The fourth-order valence-electron chi connectivity index (χ4n) is 2.26. The minimum atomic E-state index is 0.336. The smallest absolute Gasteiger partial charge is 0.0545 e. The van der Waals surface area contributed by atoms with Gasteiger partial charge in [0, 0.05) is 16.7 Å². The second-order valence-corrected chi connectivity index (χ2v) is 6.61. The highest BCUT2D eigenvalue weighted by atomic mass is 35.5. The molecule has 0 saturated carbocycles. The fourth-order valence-corrected chi connectivity index (χ4v) is 3.60. The first-order valence-corrected chi connectivity index (χ1v) is 8.68. The molecule has 2 aromatic carbocycles. The van der Waals surface area contributed by atoms with Crippen LogP contribution in [0.25, 0.3) is 0 Å². The van der Waals surface area contributed by atoms with E-state index in [1.807, 2.05) is 0 Å². The Morgan fingerprint density at radius 1 is 1.19 bits per heavy atom. The lowest BCUT2D eigenvalue weighted by Gasteiger charge is -2.14. The molecule has 2 aromatic rings. The number of rotatable bonds is 6. The summed E-state index contributed by atoms with van der Waals surface area (Å²) in [7, 11) is 0. The molecular weight excluding hydrogens is 298 g/mol. The van der Waals surface area contributed by atoms with Crippen molar-refractivity contribution in [2.24, 2.45) is 0 Å². The predicted octanol–water partition coefficient (Wildman–Crippen LogP) is 5.61. The number of benzene rings is 2. The Morgan fingerprint density at radius 3 is 2.62 bits per heavy atom. The van der Waals surface area contributed by atoms with Crippen LogP contribution in [0.5, 0.6) is 0 Å². The second kappa shape index (κ2) is 7.88. The topological polar surface area (TPSA) is 12.0 Å². The average Bonchev–Trinajstić information content (AvgIpc) is 2.47. The van der Waals surface area contributed by atoms with Gasteiger partial charge in [0.25, 0.3) is 0 Å². The maximum atomic E-state index is 6.43. The Labute approximate surface area is 137 Å². The molecule has 2 rings (SSSR count). The van der Waals surface area contributed by atoms with Crippen molar-refractivity contribution in [3.63, 3.8) is 0 Å². The van der Waals surface area contributed by atoms with Crippen LogP contribution in [0, 0.1) is 6.92 Å². The van der Waals surface area contributed by atoms with E-state index in [2.05, 4.69) is 68.6 Å². The Balaban J connectivity index is 2.06. The molecule has 21 heavy (non-hydrogen) atoms. The van der Waals surface area contributed by atoms with Gasteiger partial charge in [0.1, 0.15) is 0 Å². The normalized spacial score (nSPS) is 12.4. The summed E-state index contributed by atoms with van der Waals surface area (Å²) >= 11 is 8.23. The largest absolute Gasteiger partial charge is 0.310 e. The number of nitrogens with one attached hydrogen (secondary N) is 1. The highest BCUT2D eigenvalue weighted by Crippen LogP contribution is 2.32. The summed E-state index contributed by atoms with van der Waals surface area (Å²) < 4.78 is 0.